The van der Waals surface area contributed by atoms with E-state index in [0.717, 1.165) is 0 Å². The molecule has 1 amide bonds. The molecule has 0 aromatic heterocycles. The van der Waals surface area contributed by atoms with E-state index in [9.17, 15) is 13.2 Å². The Bertz CT molecular complexity index is 468. The fraction of sp³-hybridized carbons (Fsp3) is 0.800. The van der Waals surface area contributed by atoms with Crippen LogP contribution in [0.1, 0.15) is 19.8 Å². The lowest BCUT2D eigenvalue weighted by atomic mass is 10.0. The Morgan fingerprint density at radius 1 is 1.47 bits per heavy atom. The zero-order valence-electron chi connectivity index (χ0n) is 9.68. The predicted molar refractivity (Wildman–Crippen MR) is 68.3 cm³/mol. The Balaban J connectivity index is 2.15. The van der Waals surface area contributed by atoms with Gasteiger partial charge in [-0.2, -0.15) is 0 Å². The number of carbonyl (C=O) groups is 1. The first-order valence-corrected chi connectivity index (χ1v) is 7.83. The van der Waals surface area contributed by atoms with Crippen molar-refractivity contribution < 1.29 is 13.2 Å². The smallest absolute Gasteiger partial charge is 0.235 e. The van der Waals surface area contributed by atoms with E-state index in [1.165, 1.54) is 0 Å². The van der Waals surface area contributed by atoms with Gasteiger partial charge in [0.15, 0.2) is 9.84 Å². The van der Waals surface area contributed by atoms with Gasteiger partial charge in [0.2, 0.25) is 5.91 Å². The number of sulfone groups is 1. The van der Waals surface area contributed by atoms with Gasteiger partial charge < -0.3 is 10.6 Å². The molecule has 0 radical (unpaired) electrons. The van der Waals surface area contributed by atoms with Crippen LogP contribution < -0.4 is 5.73 Å². The maximum absolute atomic E-state index is 12.3. The highest BCUT2D eigenvalue weighted by Crippen LogP contribution is 2.48. The van der Waals surface area contributed by atoms with Gasteiger partial charge in [-0.25, -0.2) is 8.42 Å². The minimum atomic E-state index is -3.00. The number of thiocarbonyl (C=S) groups is 1. The summed E-state index contributed by atoms with van der Waals surface area (Å²) in [7, 11) is -3.00. The standard InChI is InChI=1S/C10H16N2O3S2/c1-7-6-17(14,15)5-4-12(7)9(13)10(2-3-10)8(11)16/h7H,2-6H2,1H3,(H2,11,16). The van der Waals surface area contributed by atoms with Crippen molar-refractivity contribution in [3.05, 3.63) is 0 Å². The van der Waals surface area contributed by atoms with E-state index in [2.05, 4.69) is 0 Å². The molecule has 2 aliphatic rings. The fourth-order valence-electron chi connectivity index (χ4n) is 2.27. The van der Waals surface area contributed by atoms with Gasteiger partial charge in [-0.1, -0.05) is 12.2 Å². The van der Waals surface area contributed by atoms with Gasteiger partial charge in [0.05, 0.1) is 21.9 Å². The second kappa shape index (κ2) is 3.91. The minimum absolute atomic E-state index is 0.0339. The Kier molecular flexibility index (Phi) is 2.94. The normalized spacial score (nSPS) is 29.7. The lowest BCUT2D eigenvalue weighted by molar-refractivity contribution is -0.136. The third-order valence-corrected chi connectivity index (χ3v) is 5.75. The highest BCUT2D eigenvalue weighted by Gasteiger charge is 2.55. The zero-order chi connectivity index (χ0) is 12.8. The molecule has 1 atom stereocenters. The van der Waals surface area contributed by atoms with Gasteiger partial charge in [0.25, 0.3) is 0 Å². The lowest BCUT2D eigenvalue weighted by Gasteiger charge is -2.35. The molecule has 1 unspecified atom stereocenters. The largest absolute Gasteiger partial charge is 0.392 e. The van der Waals surface area contributed by atoms with Gasteiger partial charge in [-0.3, -0.25) is 4.79 Å². The number of nitrogens with zero attached hydrogens (tertiary/aromatic N) is 1. The van der Waals surface area contributed by atoms with E-state index >= 15 is 0 Å². The van der Waals surface area contributed by atoms with Crippen molar-refractivity contribution in [3.8, 4) is 0 Å². The summed E-state index contributed by atoms with van der Waals surface area (Å²) in [5.74, 6) is -0.0183. The Morgan fingerprint density at radius 2 is 2.06 bits per heavy atom. The molecule has 1 aliphatic carbocycles. The summed E-state index contributed by atoms with van der Waals surface area (Å²) < 4.78 is 22.9. The van der Waals surface area contributed by atoms with Crippen LogP contribution in [-0.4, -0.2) is 48.3 Å². The van der Waals surface area contributed by atoms with Crippen LogP contribution >= 0.6 is 12.2 Å². The average Bonchev–Trinajstić information content (AvgIpc) is 2.95. The summed E-state index contributed by atoms with van der Waals surface area (Å²) in [5, 5.41) is 0. The van der Waals surface area contributed by atoms with Crippen LogP contribution in [0.2, 0.25) is 0 Å². The minimum Gasteiger partial charge on any atom is -0.392 e. The van der Waals surface area contributed by atoms with E-state index < -0.39 is 15.3 Å². The maximum Gasteiger partial charge on any atom is 0.235 e. The Labute approximate surface area is 106 Å². The van der Waals surface area contributed by atoms with Crippen molar-refractivity contribution in [2.24, 2.45) is 11.1 Å². The van der Waals surface area contributed by atoms with Crippen molar-refractivity contribution in [3.63, 3.8) is 0 Å². The van der Waals surface area contributed by atoms with Crippen molar-refractivity contribution >= 4 is 33.0 Å². The highest BCUT2D eigenvalue weighted by atomic mass is 32.2. The number of amides is 1. The molecule has 2 rings (SSSR count). The van der Waals surface area contributed by atoms with Crippen LogP contribution in [0.5, 0.6) is 0 Å². The van der Waals surface area contributed by atoms with E-state index in [1.54, 1.807) is 11.8 Å². The van der Waals surface area contributed by atoms with Gasteiger partial charge in [0, 0.05) is 12.6 Å². The molecular weight excluding hydrogens is 260 g/mol. The van der Waals surface area contributed by atoms with Crippen molar-refractivity contribution in [1.82, 2.24) is 4.90 Å². The van der Waals surface area contributed by atoms with Gasteiger partial charge in [-0.15, -0.1) is 0 Å². The van der Waals surface area contributed by atoms with Crippen LogP contribution in [0, 0.1) is 5.41 Å². The maximum atomic E-state index is 12.3. The van der Waals surface area contributed by atoms with Crippen LogP contribution in [0.3, 0.4) is 0 Å². The average molecular weight is 276 g/mol. The summed E-state index contributed by atoms with van der Waals surface area (Å²) in [6, 6.07) is -0.284. The molecule has 0 bridgehead atoms. The third-order valence-electron chi connectivity index (χ3n) is 3.56. The first-order chi connectivity index (χ1) is 7.78. The fourth-order valence-corrected chi connectivity index (χ4v) is 4.11. The summed E-state index contributed by atoms with van der Waals surface area (Å²) in [5.41, 5.74) is 4.93. The summed E-state index contributed by atoms with van der Waals surface area (Å²) >= 11 is 4.94. The molecule has 2 fully saturated rings. The predicted octanol–water partition coefficient (Wildman–Crippen LogP) is -0.302. The number of rotatable bonds is 2. The molecule has 96 valence electrons. The summed E-state index contributed by atoms with van der Waals surface area (Å²) in [4.78, 5) is 14.2. The third kappa shape index (κ3) is 2.18. The molecule has 17 heavy (non-hydrogen) atoms. The van der Waals surface area contributed by atoms with Crippen LogP contribution in [0.15, 0.2) is 0 Å². The quantitative estimate of drug-likeness (QED) is 0.700. The molecule has 1 saturated carbocycles. The zero-order valence-corrected chi connectivity index (χ0v) is 11.3. The topological polar surface area (TPSA) is 80.5 Å². The van der Waals surface area contributed by atoms with Gasteiger partial charge in [0.1, 0.15) is 0 Å². The molecule has 0 spiro atoms. The second-order valence-corrected chi connectivity index (χ2v) is 7.58. The number of hydrogen-bond acceptors (Lipinski definition) is 4. The van der Waals surface area contributed by atoms with E-state index in [0.29, 0.717) is 12.8 Å². The first kappa shape index (κ1) is 12.8. The van der Waals surface area contributed by atoms with Crippen molar-refractivity contribution in [2.75, 3.05) is 18.1 Å². The van der Waals surface area contributed by atoms with Gasteiger partial charge >= 0.3 is 0 Å². The molecular formula is C10H16N2O3S2. The van der Waals surface area contributed by atoms with Crippen molar-refractivity contribution in [2.45, 2.75) is 25.8 Å². The first-order valence-electron chi connectivity index (χ1n) is 5.60. The van der Waals surface area contributed by atoms with Crippen LogP contribution in [0.4, 0.5) is 0 Å². The van der Waals surface area contributed by atoms with Crippen molar-refractivity contribution in [1.29, 1.82) is 0 Å². The highest BCUT2D eigenvalue weighted by molar-refractivity contribution is 7.91. The molecule has 0 aromatic rings. The molecule has 1 heterocycles. The van der Waals surface area contributed by atoms with Crippen LogP contribution in [0.25, 0.3) is 0 Å². The SMILES string of the molecule is CC1CS(=O)(=O)CCN1C(=O)C1(C(N)=S)CC1. The Morgan fingerprint density at radius 3 is 2.47 bits per heavy atom. The molecule has 0 aromatic carbocycles. The summed E-state index contributed by atoms with van der Waals surface area (Å²) in [6.07, 6.45) is 1.38. The molecule has 1 saturated heterocycles. The number of nitrogens with two attached hydrogens (primary N) is 1. The van der Waals surface area contributed by atoms with Gasteiger partial charge in [-0.05, 0) is 19.8 Å². The molecule has 1 aliphatic heterocycles. The number of hydrogen-bond donors (Lipinski definition) is 1. The molecule has 2 N–H and O–H groups in total. The lowest BCUT2D eigenvalue weighted by Crippen LogP contribution is -2.53. The van der Waals surface area contributed by atoms with Crippen LogP contribution in [-0.2, 0) is 14.6 Å². The van der Waals surface area contributed by atoms with E-state index in [-0.39, 0.29) is 35.0 Å². The van der Waals surface area contributed by atoms with E-state index in [1.807, 2.05) is 0 Å². The summed E-state index contributed by atoms with van der Waals surface area (Å²) in [6.45, 7) is 2.01. The second-order valence-electron chi connectivity index (χ2n) is 4.91. The van der Waals surface area contributed by atoms with E-state index in [4.69, 9.17) is 18.0 Å². The monoisotopic (exact) mass is 276 g/mol. The Hall–Kier alpha value is -0.690. The molecule has 5 nitrogen and oxygen atoms in total. The molecule has 7 heteroatoms. The number of carbonyl (C=O) groups excluding carboxylic acids is 1.